The number of ketones is 1. The molecule has 0 aromatic heterocycles. The highest BCUT2D eigenvalue weighted by Gasteiger charge is 2.36. The van der Waals surface area contributed by atoms with E-state index in [1.165, 1.54) is 32.1 Å². The molecule has 4 nitrogen and oxygen atoms in total. The highest BCUT2D eigenvalue weighted by Crippen LogP contribution is 2.26. The van der Waals surface area contributed by atoms with Crippen molar-refractivity contribution in [3.05, 3.63) is 0 Å². The zero-order chi connectivity index (χ0) is 13.0. The molecule has 2 fully saturated rings. The van der Waals surface area contributed by atoms with Gasteiger partial charge in [-0.1, -0.05) is 19.3 Å². The second-order valence-corrected chi connectivity index (χ2v) is 5.31. The molecule has 0 radical (unpaired) electrons. The molecule has 0 bridgehead atoms. The smallest absolute Gasteiger partial charge is 0.317 e. The van der Waals surface area contributed by atoms with Crippen molar-refractivity contribution in [2.24, 2.45) is 5.92 Å². The number of ether oxygens (including phenoxy) is 1. The lowest BCUT2D eigenvalue weighted by molar-refractivity contribution is -0.154. The summed E-state index contributed by atoms with van der Waals surface area (Å²) < 4.78 is 5.00. The summed E-state index contributed by atoms with van der Waals surface area (Å²) in [6.45, 7) is 3.53. The Kier molecular flexibility index (Phi) is 4.75. The number of likely N-dealkylation sites (tertiary alicyclic amines) is 1. The number of hydrogen-bond donors (Lipinski definition) is 0. The van der Waals surface area contributed by atoms with Crippen molar-refractivity contribution in [3.63, 3.8) is 0 Å². The van der Waals surface area contributed by atoms with E-state index in [1.807, 2.05) is 0 Å². The molecule has 102 valence electrons. The molecule has 1 saturated heterocycles. The van der Waals surface area contributed by atoms with Crippen LogP contribution in [0.1, 0.15) is 45.4 Å². The van der Waals surface area contributed by atoms with E-state index in [9.17, 15) is 9.59 Å². The van der Waals surface area contributed by atoms with E-state index in [4.69, 9.17) is 4.74 Å². The SMILES string of the molecule is CCOC(=O)[C@@H]1CN(C2CCCCC2)CCC1=O. The molecule has 2 aliphatic rings. The van der Waals surface area contributed by atoms with Crippen molar-refractivity contribution in [2.75, 3.05) is 19.7 Å². The van der Waals surface area contributed by atoms with Gasteiger partial charge in [0.1, 0.15) is 11.7 Å². The van der Waals surface area contributed by atoms with Crippen molar-refractivity contribution in [1.29, 1.82) is 0 Å². The van der Waals surface area contributed by atoms with E-state index < -0.39 is 5.92 Å². The van der Waals surface area contributed by atoms with Crippen LogP contribution in [0.4, 0.5) is 0 Å². The summed E-state index contributed by atoms with van der Waals surface area (Å²) in [7, 11) is 0. The average Bonchev–Trinajstić information content (AvgIpc) is 2.40. The number of nitrogens with zero attached hydrogens (tertiary/aromatic N) is 1. The minimum Gasteiger partial charge on any atom is -0.465 e. The van der Waals surface area contributed by atoms with E-state index in [2.05, 4.69) is 4.90 Å². The summed E-state index contributed by atoms with van der Waals surface area (Å²) in [4.78, 5) is 25.9. The maximum atomic E-state index is 11.8. The maximum absolute atomic E-state index is 11.8. The summed E-state index contributed by atoms with van der Waals surface area (Å²) in [6, 6.07) is 0.573. The van der Waals surface area contributed by atoms with Gasteiger partial charge in [0.2, 0.25) is 0 Å². The normalized spacial score (nSPS) is 27.2. The lowest BCUT2D eigenvalue weighted by Gasteiger charge is -2.38. The highest BCUT2D eigenvalue weighted by atomic mass is 16.5. The van der Waals surface area contributed by atoms with Gasteiger partial charge in [0.15, 0.2) is 0 Å². The minimum absolute atomic E-state index is 0.0560. The van der Waals surface area contributed by atoms with Crippen LogP contribution in [-0.2, 0) is 14.3 Å². The fourth-order valence-corrected chi connectivity index (χ4v) is 3.08. The van der Waals surface area contributed by atoms with Gasteiger partial charge in [0.05, 0.1) is 6.61 Å². The van der Waals surface area contributed by atoms with E-state index >= 15 is 0 Å². The largest absolute Gasteiger partial charge is 0.465 e. The van der Waals surface area contributed by atoms with Gasteiger partial charge in [-0.3, -0.25) is 14.5 Å². The van der Waals surface area contributed by atoms with Crippen LogP contribution < -0.4 is 0 Å². The van der Waals surface area contributed by atoms with E-state index in [0.29, 0.717) is 25.6 Å². The van der Waals surface area contributed by atoms with E-state index in [1.54, 1.807) is 6.92 Å². The van der Waals surface area contributed by atoms with Gasteiger partial charge in [-0.25, -0.2) is 0 Å². The Morgan fingerprint density at radius 1 is 1.33 bits per heavy atom. The molecule has 1 aliphatic carbocycles. The molecule has 1 atom stereocenters. The number of carbonyl (C=O) groups is 2. The number of piperidine rings is 1. The number of hydrogen-bond acceptors (Lipinski definition) is 4. The Hall–Kier alpha value is -0.900. The first-order valence-corrected chi connectivity index (χ1v) is 7.15. The Morgan fingerprint density at radius 2 is 2.06 bits per heavy atom. The summed E-state index contributed by atoms with van der Waals surface area (Å²) in [5.41, 5.74) is 0. The van der Waals surface area contributed by atoms with Gasteiger partial charge in [-0.05, 0) is 19.8 Å². The van der Waals surface area contributed by atoms with Crippen LogP contribution in [0.15, 0.2) is 0 Å². The first-order chi connectivity index (χ1) is 8.72. The molecular weight excluding hydrogens is 230 g/mol. The molecule has 18 heavy (non-hydrogen) atoms. The van der Waals surface area contributed by atoms with Gasteiger partial charge in [0, 0.05) is 25.6 Å². The molecule has 2 rings (SSSR count). The third-order valence-corrected chi connectivity index (χ3v) is 4.11. The minimum atomic E-state index is -0.541. The first-order valence-electron chi connectivity index (χ1n) is 7.15. The van der Waals surface area contributed by atoms with Crippen molar-refractivity contribution in [2.45, 2.75) is 51.5 Å². The van der Waals surface area contributed by atoms with Gasteiger partial charge in [0.25, 0.3) is 0 Å². The third kappa shape index (κ3) is 3.10. The molecule has 0 spiro atoms. The van der Waals surface area contributed by atoms with E-state index in [0.717, 1.165) is 6.54 Å². The summed E-state index contributed by atoms with van der Waals surface area (Å²) >= 11 is 0. The number of Topliss-reactive ketones (excluding diaryl/α,β-unsaturated/α-hetero) is 1. The average molecular weight is 253 g/mol. The first kappa shape index (κ1) is 13.5. The Labute approximate surface area is 109 Å². The Bertz CT molecular complexity index is 310. The lowest BCUT2D eigenvalue weighted by Crippen LogP contribution is -2.49. The second kappa shape index (κ2) is 6.32. The quantitative estimate of drug-likeness (QED) is 0.568. The molecule has 0 aromatic carbocycles. The summed E-state index contributed by atoms with van der Waals surface area (Å²) in [5, 5.41) is 0. The van der Waals surface area contributed by atoms with Crippen molar-refractivity contribution in [1.82, 2.24) is 4.90 Å². The predicted octanol–water partition coefficient (Wildman–Crippen LogP) is 1.77. The van der Waals surface area contributed by atoms with Gasteiger partial charge < -0.3 is 4.74 Å². The second-order valence-electron chi connectivity index (χ2n) is 5.31. The van der Waals surface area contributed by atoms with E-state index in [-0.39, 0.29) is 11.8 Å². The molecule has 1 heterocycles. The zero-order valence-electron chi connectivity index (χ0n) is 11.2. The molecule has 0 unspecified atom stereocenters. The molecular formula is C14H23NO3. The number of carbonyl (C=O) groups excluding carboxylic acids is 2. The summed E-state index contributed by atoms with van der Waals surface area (Å²) in [5.74, 6) is -0.816. The van der Waals surface area contributed by atoms with Crippen LogP contribution in [0, 0.1) is 5.92 Å². The van der Waals surface area contributed by atoms with Crippen LogP contribution in [0.2, 0.25) is 0 Å². The third-order valence-electron chi connectivity index (χ3n) is 4.11. The van der Waals surface area contributed by atoms with Crippen LogP contribution in [0.3, 0.4) is 0 Å². The van der Waals surface area contributed by atoms with Crippen molar-refractivity contribution < 1.29 is 14.3 Å². The molecule has 0 amide bonds. The molecule has 0 aromatic rings. The van der Waals surface area contributed by atoms with Crippen molar-refractivity contribution >= 4 is 11.8 Å². The topological polar surface area (TPSA) is 46.6 Å². The number of esters is 1. The molecule has 1 saturated carbocycles. The Balaban J connectivity index is 1.94. The fourth-order valence-electron chi connectivity index (χ4n) is 3.08. The van der Waals surface area contributed by atoms with Gasteiger partial charge >= 0.3 is 5.97 Å². The maximum Gasteiger partial charge on any atom is 0.317 e. The summed E-state index contributed by atoms with van der Waals surface area (Å²) in [6.07, 6.45) is 6.80. The standard InChI is InChI=1S/C14H23NO3/c1-2-18-14(17)12-10-15(9-8-13(12)16)11-6-4-3-5-7-11/h11-12H,2-10H2,1H3/t12-/m1/s1. The fraction of sp³-hybridized carbons (Fsp3) is 0.857. The highest BCUT2D eigenvalue weighted by molar-refractivity contribution is 5.99. The predicted molar refractivity (Wildman–Crippen MR) is 68.2 cm³/mol. The van der Waals surface area contributed by atoms with Crippen LogP contribution in [-0.4, -0.2) is 42.4 Å². The molecule has 1 aliphatic heterocycles. The van der Waals surface area contributed by atoms with Crippen LogP contribution in [0.25, 0.3) is 0 Å². The lowest BCUT2D eigenvalue weighted by atomic mass is 9.89. The monoisotopic (exact) mass is 253 g/mol. The van der Waals surface area contributed by atoms with Crippen LogP contribution >= 0.6 is 0 Å². The van der Waals surface area contributed by atoms with Gasteiger partial charge in [-0.15, -0.1) is 0 Å². The zero-order valence-corrected chi connectivity index (χ0v) is 11.2. The molecule has 4 heteroatoms. The van der Waals surface area contributed by atoms with Crippen LogP contribution in [0.5, 0.6) is 0 Å². The number of rotatable bonds is 3. The van der Waals surface area contributed by atoms with Crippen molar-refractivity contribution in [3.8, 4) is 0 Å². The molecule has 0 N–H and O–H groups in total. The Morgan fingerprint density at radius 3 is 2.72 bits per heavy atom. The van der Waals surface area contributed by atoms with Gasteiger partial charge in [-0.2, -0.15) is 0 Å².